The molecule has 1 aromatic heterocycles. The van der Waals surface area contributed by atoms with Crippen LogP contribution in [0.1, 0.15) is 22.5 Å². The van der Waals surface area contributed by atoms with Crippen LogP contribution >= 0.6 is 0 Å². The minimum absolute atomic E-state index is 0.554. The molecule has 3 aromatic rings. The molecule has 0 saturated heterocycles. The number of rotatable bonds is 6. The van der Waals surface area contributed by atoms with E-state index in [4.69, 9.17) is 9.15 Å². The summed E-state index contributed by atoms with van der Waals surface area (Å²) in [5, 5.41) is 0. The van der Waals surface area contributed by atoms with Gasteiger partial charge >= 0.3 is 0 Å². The standard InChI is InChI=1S/C20H19NO2/c1-16-4-2-5-18(12-16)15-23-19-9-7-17(8-10-19)13-21-14-20-6-3-11-22-20/h2-13H,14-15H2,1H3/b21-13-. The SMILES string of the molecule is Cc1cccc(COc2ccc(/C=N\Cc3ccco3)cc2)c1. The molecule has 116 valence electrons. The first-order valence-electron chi connectivity index (χ1n) is 7.60. The van der Waals surface area contributed by atoms with Crippen molar-refractivity contribution in [2.45, 2.75) is 20.1 Å². The van der Waals surface area contributed by atoms with Crippen LogP contribution in [0, 0.1) is 6.92 Å². The molecule has 1 heterocycles. The number of hydrogen-bond donors (Lipinski definition) is 0. The minimum Gasteiger partial charge on any atom is -0.489 e. The molecule has 0 spiro atoms. The van der Waals surface area contributed by atoms with Crippen LogP contribution in [0.25, 0.3) is 0 Å². The molecule has 0 atom stereocenters. The van der Waals surface area contributed by atoms with Gasteiger partial charge < -0.3 is 9.15 Å². The minimum atomic E-state index is 0.554. The van der Waals surface area contributed by atoms with Crippen molar-refractivity contribution in [3.63, 3.8) is 0 Å². The second-order valence-corrected chi connectivity index (χ2v) is 5.40. The van der Waals surface area contributed by atoms with Crippen molar-refractivity contribution in [2.75, 3.05) is 0 Å². The first kappa shape index (κ1) is 15.1. The smallest absolute Gasteiger partial charge is 0.125 e. The van der Waals surface area contributed by atoms with Crippen molar-refractivity contribution >= 4 is 6.21 Å². The molecule has 23 heavy (non-hydrogen) atoms. The summed E-state index contributed by atoms with van der Waals surface area (Å²) in [5.74, 6) is 1.72. The Kier molecular flexibility index (Phi) is 4.89. The number of hydrogen-bond acceptors (Lipinski definition) is 3. The lowest BCUT2D eigenvalue weighted by atomic mass is 10.1. The fourth-order valence-electron chi connectivity index (χ4n) is 2.26. The molecule has 0 bridgehead atoms. The third-order valence-corrected chi connectivity index (χ3v) is 3.44. The van der Waals surface area contributed by atoms with Crippen molar-refractivity contribution in [2.24, 2.45) is 4.99 Å². The first-order chi connectivity index (χ1) is 11.3. The summed E-state index contributed by atoms with van der Waals surface area (Å²) in [6.45, 7) is 3.21. The molecular weight excluding hydrogens is 286 g/mol. The largest absolute Gasteiger partial charge is 0.489 e. The predicted molar refractivity (Wildman–Crippen MR) is 92.0 cm³/mol. The Balaban J connectivity index is 1.53. The monoisotopic (exact) mass is 305 g/mol. The highest BCUT2D eigenvalue weighted by Crippen LogP contribution is 2.14. The van der Waals surface area contributed by atoms with Crippen molar-refractivity contribution in [3.8, 4) is 5.75 Å². The molecule has 0 unspecified atom stereocenters. The average Bonchev–Trinajstić information content (AvgIpc) is 3.08. The molecule has 3 heteroatoms. The van der Waals surface area contributed by atoms with Gasteiger partial charge in [-0.2, -0.15) is 0 Å². The van der Waals surface area contributed by atoms with Crippen LogP contribution in [0.5, 0.6) is 5.75 Å². The Hall–Kier alpha value is -2.81. The zero-order valence-corrected chi connectivity index (χ0v) is 13.1. The lowest BCUT2D eigenvalue weighted by Gasteiger charge is -2.07. The van der Waals surface area contributed by atoms with Crippen LogP contribution in [-0.4, -0.2) is 6.21 Å². The number of ether oxygens (including phenoxy) is 1. The van der Waals surface area contributed by atoms with Crippen LogP contribution in [0.2, 0.25) is 0 Å². The molecule has 0 aliphatic heterocycles. The van der Waals surface area contributed by atoms with Crippen LogP contribution in [0.3, 0.4) is 0 Å². The predicted octanol–water partition coefficient (Wildman–Crippen LogP) is 4.79. The van der Waals surface area contributed by atoms with Gasteiger partial charge in [-0.25, -0.2) is 0 Å². The first-order valence-corrected chi connectivity index (χ1v) is 7.60. The van der Waals surface area contributed by atoms with E-state index in [1.165, 1.54) is 11.1 Å². The maximum atomic E-state index is 5.81. The normalized spacial score (nSPS) is 11.0. The summed E-state index contributed by atoms with van der Waals surface area (Å²) in [6, 6.07) is 20.0. The second kappa shape index (κ2) is 7.45. The highest BCUT2D eigenvalue weighted by Gasteiger charge is 1.97. The van der Waals surface area contributed by atoms with Crippen molar-refractivity contribution in [1.82, 2.24) is 0 Å². The maximum Gasteiger partial charge on any atom is 0.125 e. The van der Waals surface area contributed by atoms with E-state index >= 15 is 0 Å². The number of aliphatic imine (C=N–C) groups is 1. The third kappa shape index (κ3) is 4.58. The lowest BCUT2D eigenvalue weighted by Crippen LogP contribution is -1.95. The van der Waals surface area contributed by atoms with Gasteiger partial charge in [0.15, 0.2) is 0 Å². The Morgan fingerprint density at radius 1 is 1.04 bits per heavy atom. The molecule has 0 radical (unpaired) electrons. The lowest BCUT2D eigenvalue weighted by molar-refractivity contribution is 0.306. The van der Waals surface area contributed by atoms with Crippen molar-refractivity contribution < 1.29 is 9.15 Å². The molecule has 3 nitrogen and oxygen atoms in total. The number of nitrogens with zero attached hydrogens (tertiary/aromatic N) is 1. The quantitative estimate of drug-likeness (QED) is 0.614. The van der Waals surface area contributed by atoms with Gasteiger partial charge in [-0.3, -0.25) is 4.99 Å². The van der Waals surface area contributed by atoms with E-state index in [0.717, 1.165) is 17.1 Å². The summed E-state index contributed by atoms with van der Waals surface area (Å²) in [5.41, 5.74) is 3.46. The van der Waals surface area contributed by atoms with Gasteiger partial charge in [-0.15, -0.1) is 0 Å². The van der Waals surface area contributed by atoms with E-state index in [9.17, 15) is 0 Å². The van der Waals surface area contributed by atoms with E-state index < -0.39 is 0 Å². The number of aryl methyl sites for hydroxylation is 1. The molecule has 0 aliphatic rings. The molecule has 3 rings (SSSR count). The van der Waals surface area contributed by atoms with Crippen LogP contribution in [0.15, 0.2) is 76.3 Å². The van der Waals surface area contributed by atoms with E-state index in [1.807, 2.05) is 48.7 Å². The molecule has 0 N–H and O–H groups in total. The summed E-state index contributed by atoms with van der Waals surface area (Å²) in [7, 11) is 0. The summed E-state index contributed by atoms with van der Waals surface area (Å²) >= 11 is 0. The number of benzene rings is 2. The van der Waals surface area contributed by atoms with Crippen LogP contribution in [-0.2, 0) is 13.2 Å². The van der Waals surface area contributed by atoms with Gasteiger partial charge in [0.05, 0.1) is 12.8 Å². The fraction of sp³-hybridized carbons (Fsp3) is 0.150. The fourth-order valence-corrected chi connectivity index (χ4v) is 2.26. The van der Waals surface area contributed by atoms with Gasteiger partial charge in [-0.05, 0) is 54.4 Å². The van der Waals surface area contributed by atoms with Gasteiger partial charge in [0, 0.05) is 6.21 Å². The van der Waals surface area contributed by atoms with Crippen LogP contribution in [0.4, 0.5) is 0 Å². The highest BCUT2D eigenvalue weighted by atomic mass is 16.5. The zero-order valence-electron chi connectivity index (χ0n) is 13.1. The number of furan rings is 1. The van der Waals surface area contributed by atoms with Gasteiger partial charge in [0.1, 0.15) is 18.1 Å². The Morgan fingerprint density at radius 3 is 2.65 bits per heavy atom. The van der Waals surface area contributed by atoms with Gasteiger partial charge in [-0.1, -0.05) is 29.8 Å². The molecule has 0 fully saturated rings. The highest BCUT2D eigenvalue weighted by molar-refractivity contribution is 5.79. The van der Waals surface area contributed by atoms with Gasteiger partial charge in [0.2, 0.25) is 0 Å². The molecular formula is C20H19NO2. The molecule has 0 amide bonds. The third-order valence-electron chi connectivity index (χ3n) is 3.44. The van der Waals surface area contributed by atoms with E-state index in [0.29, 0.717) is 13.2 Å². The summed E-state index contributed by atoms with van der Waals surface area (Å²) in [6.07, 6.45) is 3.50. The Labute approximate surface area is 136 Å². The second-order valence-electron chi connectivity index (χ2n) is 5.40. The van der Waals surface area contributed by atoms with Crippen molar-refractivity contribution in [1.29, 1.82) is 0 Å². The van der Waals surface area contributed by atoms with Crippen molar-refractivity contribution in [3.05, 3.63) is 89.4 Å². The van der Waals surface area contributed by atoms with E-state index in [1.54, 1.807) is 6.26 Å². The zero-order chi connectivity index (χ0) is 15.9. The average molecular weight is 305 g/mol. The summed E-state index contributed by atoms with van der Waals surface area (Å²) < 4.78 is 11.0. The van der Waals surface area contributed by atoms with Crippen LogP contribution < -0.4 is 4.74 Å². The molecule has 2 aromatic carbocycles. The van der Waals surface area contributed by atoms with E-state index in [2.05, 4.69) is 30.1 Å². The maximum absolute atomic E-state index is 5.81. The topological polar surface area (TPSA) is 34.7 Å². The molecule has 0 saturated carbocycles. The van der Waals surface area contributed by atoms with Gasteiger partial charge in [0.25, 0.3) is 0 Å². The Bertz CT molecular complexity index is 759. The Morgan fingerprint density at radius 2 is 1.91 bits per heavy atom. The summed E-state index contributed by atoms with van der Waals surface area (Å²) in [4.78, 5) is 4.36. The molecule has 0 aliphatic carbocycles. The van der Waals surface area contributed by atoms with E-state index in [-0.39, 0.29) is 0 Å².